The Morgan fingerprint density at radius 2 is 2.33 bits per heavy atom. The Morgan fingerprint density at radius 1 is 1.44 bits per heavy atom. The van der Waals surface area contributed by atoms with E-state index in [1.54, 1.807) is 12.1 Å². The molecule has 1 atom stereocenters. The fourth-order valence-electron chi connectivity index (χ4n) is 2.02. The lowest BCUT2D eigenvalue weighted by Crippen LogP contribution is -2.28. The summed E-state index contributed by atoms with van der Waals surface area (Å²) in [7, 11) is 0. The Hall–Kier alpha value is -1.79. The molecule has 1 fully saturated rings. The van der Waals surface area contributed by atoms with E-state index in [4.69, 9.17) is 4.52 Å². The molecule has 0 amide bonds. The van der Waals surface area contributed by atoms with E-state index in [-0.39, 0.29) is 17.5 Å². The van der Waals surface area contributed by atoms with Crippen LogP contribution in [0.5, 0.6) is 0 Å². The van der Waals surface area contributed by atoms with E-state index in [0.29, 0.717) is 25.1 Å². The number of benzene rings is 1. The second kappa shape index (κ2) is 4.15. The van der Waals surface area contributed by atoms with Crippen molar-refractivity contribution in [1.82, 2.24) is 15.5 Å². The summed E-state index contributed by atoms with van der Waals surface area (Å²) < 4.78 is 18.2. The van der Waals surface area contributed by atoms with Crippen molar-refractivity contribution in [3.8, 4) is 11.4 Å². The summed E-state index contributed by atoms with van der Waals surface area (Å²) in [6.45, 7) is 1.09. The van der Waals surface area contributed by atoms with Crippen molar-refractivity contribution in [3.63, 3.8) is 0 Å². The van der Waals surface area contributed by atoms with Gasteiger partial charge in [0.1, 0.15) is 5.82 Å². The Bertz CT molecular complexity index is 564. The largest absolute Gasteiger partial charge is 0.379 e. The number of nitrogens with one attached hydrogen (secondary N) is 1. The molecular weight excluding hydrogens is 237 g/mol. The molecule has 94 valence electrons. The zero-order chi connectivity index (χ0) is 12.6. The fraction of sp³-hybridized carbons (Fsp3) is 0.333. The summed E-state index contributed by atoms with van der Waals surface area (Å²) in [6.07, 6.45) is 0.526. The third-order valence-corrected chi connectivity index (χ3v) is 3.04. The molecule has 0 aliphatic carbocycles. The lowest BCUT2D eigenvalue weighted by atomic mass is 10.0. The van der Waals surface area contributed by atoms with Gasteiger partial charge in [-0.05, 0) is 25.1 Å². The maximum atomic E-state index is 13.1. The van der Waals surface area contributed by atoms with Crippen molar-refractivity contribution in [3.05, 3.63) is 36.0 Å². The minimum atomic E-state index is -1.11. The summed E-state index contributed by atoms with van der Waals surface area (Å²) >= 11 is 0. The van der Waals surface area contributed by atoms with Crippen LogP contribution >= 0.6 is 0 Å². The lowest BCUT2D eigenvalue weighted by molar-refractivity contribution is 0.0243. The predicted molar refractivity (Wildman–Crippen MR) is 61.1 cm³/mol. The molecular formula is C12H12FN3O2. The zero-order valence-corrected chi connectivity index (χ0v) is 9.56. The highest BCUT2D eigenvalue weighted by molar-refractivity contribution is 5.54. The second-order valence-electron chi connectivity index (χ2n) is 4.39. The number of halogens is 1. The average Bonchev–Trinajstić information content (AvgIpc) is 2.98. The van der Waals surface area contributed by atoms with Crippen molar-refractivity contribution in [2.75, 3.05) is 13.1 Å². The minimum absolute atomic E-state index is 0.173. The van der Waals surface area contributed by atoms with Crippen LogP contribution in [-0.4, -0.2) is 28.3 Å². The van der Waals surface area contributed by atoms with E-state index in [0.717, 1.165) is 0 Å². The van der Waals surface area contributed by atoms with Crippen LogP contribution in [-0.2, 0) is 5.60 Å². The molecule has 1 aromatic heterocycles. The molecule has 1 aliphatic heterocycles. The Morgan fingerprint density at radius 3 is 3.06 bits per heavy atom. The van der Waals surface area contributed by atoms with Gasteiger partial charge in [0.25, 0.3) is 5.89 Å². The molecule has 5 nitrogen and oxygen atoms in total. The van der Waals surface area contributed by atoms with Gasteiger partial charge in [-0.2, -0.15) is 4.98 Å². The molecule has 3 rings (SSSR count). The van der Waals surface area contributed by atoms with Crippen LogP contribution in [0, 0.1) is 5.82 Å². The summed E-state index contributed by atoms with van der Waals surface area (Å²) in [4.78, 5) is 4.14. The van der Waals surface area contributed by atoms with E-state index in [2.05, 4.69) is 15.5 Å². The van der Waals surface area contributed by atoms with Crippen molar-refractivity contribution >= 4 is 0 Å². The summed E-state index contributed by atoms with van der Waals surface area (Å²) in [5.41, 5.74) is -0.585. The third-order valence-electron chi connectivity index (χ3n) is 3.04. The summed E-state index contributed by atoms with van der Waals surface area (Å²) in [5.74, 6) is 0.0941. The first-order valence-corrected chi connectivity index (χ1v) is 5.71. The molecule has 1 saturated heterocycles. The van der Waals surface area contributed by atoms with Gasteiger partial charge in [-0.3, -0.25) is 0 Å². The number of hydrogen-bond acceptors (Lipinski definition) is 5. The molecule has 0 saturated carbocycles. The number of aliphatic hydroxyl groups is 1. The van der Waals surface area contributed by atoms with E-state index in [9.17, 15) is 9.50 Å². The topological polar surface area (TPSA) is 71.2 Å². The van der Waals surface area contributed by atoms with Crippen LogP contribution in [0.2, 0.25) is 0 Å². The lowest BCUT2D eigenvalue weighted by Gasteiger charge is -2.14. The maximum absolute atomic E-state index is 13.1. The average molecular weight is 249 g/mol. The van der Waals surface area contributed by atoms with Crippen LogP contribution in [0.4, 0.5) is 4.39 Å². The van der Waals surface area contributed by atoms with Crippen LogP contribution in [0.15, 0.2) is 28.8 Å². The summed E-state index contributed by atoms with van der Waals surface area (Å²) in [5, 5.41) is 17.1. The standard InChI is InChI=1S/C12H12FN3O2/c13-9-3-1-2-8(6-9)10-15-11(18-16-10)12(17)4-5-14-7-12/h1-3,6,14,17H,4-5,7H2. The molecule has 0 bridgehead atoms. The highest BCUT2D eigenvalue weighted by atomic mass is 19.1. The van der Waals surface area contributed by atoms with Gasteiger partial charge in [0.15, 0.2) is 5.60 Å². The highest BCUT2D eigenvalue weighted by Gasteiger charge is 2.38. The van der Waals surface area contributed by atoms with Gasteiger partial charge in [0.2, 0.25) is 5.82 Å². The quantitative estimate of drug-likeness (QED) is 0.832. The van der Waals surface area contributed by atoms with Gasteiger partial charge >= 0.3 is 0 Å². The molecule has 1 aliphatic rings. The van der Waals surface area contributed by atoms with E-state index >= 15 is 0 Å². The van der Waals surface area contributed by atoms with Gasteiger partial charge in [-0.1, -0.05) is 17.3 Å². The maximum Gasteiger partial charge on any atom is 0.260 e. The second-order valence-corrected chi connectivity index (χ2v) is 4.39. The fourth-order valence-corrected chi connectivity index (χ4v) is 2.02. The predicted octanol–water partition coefficient (Wildman–Crippen LogP) is 1.06. The van der Waals surface area contributed by atoms with E-state index in [1.165, 1.54) is 12.1 Å². The molecule has 2 N–H and O–H groups in total. The summed E-state index contributed by atoms with van der Waals surface area (Å²) in [6, 6.07) is 5.94. The molecule has 6 heteroatoms. The van der Waals surface area contributed by atoms with Crippen molar-refractivity contribution in [2.24, 2.45) is 0 Å². The van der Waals surface area contributed by atoms with Gasteiger partial charge < -0.3 is 14.9 Å². The molecule has 0 spiro atoms. The van der Waals surface area contributed by atoms with Gasteiger partial charge in [0.05, 0.1) is 0 Å². The monoisotopic (exact) mass is 249 g/mol. The molecule has 18 heavy (non-hydrogen) atoms. The first-order chi connectivity index (χ1) is 8.67. The number of rotatable bonds is 2. The molecule has 0 radical (unpaired) electrons. The van der Waals surface area contributed by atoms with Crippen LogP contribution in [0.3, 0.4) is 0 Å². The molecule has 1 aromatic carbocycles. The van der Waals surface area contributed by atoms with Crippen molar-refractivity contribution in [2.45, 2.75) is 12.0 Å². The highest BCUT2D eigenvalue weighted by Crippen LogP contribution is 2.28. The minimum Gasteiger partial charge on any atom is -0.379 e. The first-order valence-electron chi connectivity index (χ1n) is 5.71. The van der Waals surface area contributed by atoms with E-state index < -0.39 is 5.60 Å². The van der Waals surface area contributed by atoms with Crippen LogP contribution in [0.1, 0.15) is 12.3 Å². The normalized spacial score (nSPS) is 23.4. The number of nitrogens with zero attached hydrogens (tertiary/aromatic N) is 2. The third kappa shape index (κ3) is 1.89. The molecule has 2 aromatic rings. The van der Waals surface area contributed by atoms with Crippen molar-refractivity contribution in [1.29, 1.82) is 0 Å². The molecule has 2 heterocycles. The number of aromatic nitrogens is 2. The number of β-amino-alcohol motifs (C(OH)–C–C–N with tert-alkyl or cyclic N) is 1. The Labute approximate surface area is 103 Å². The first kappa shape index (κ1) is 11.3. The van der Waals surface area contributed by atoms with Crippen molar-refractivity contribution < 1.29 is 14.0 Å². The SMILES string of the molecule is OC1(c2nc(-c3cccc(F)c3)no2)CCNC1. The number of hydrogen-bond donors (Lipinski definition) is 2. The Kier molecular flexibility index (Phi) is 2.61. The molecule has 1 unspecified atom stereocenters. The smallest absolute Gasteiger partial charge is 0.260 e. The Balaban J connectivity index is 1.94. The van der Waals surface area contributed by atoms with E-state index in [1.807, 2.05) is 0 Å². The van der Waals surface area contributed by atoms with Gasteiger partial charge in [0, 0.05) is 12.1 Å². The van der Waals surface area contributed by atoms with Gasteiger partial charge in [-0.15, -0.1) is 0 Å². The zero-order valence-electron chi connectivity index (χ0n) is 9.56. The van der Waals surface area contributed by atoms with Crippen LogP contribution in [0.25, 0.3) is 11.4 Å². The van der Waals surface area contributed by atoms with Gasteiger partial charge in [-0.25, -0.2) is 4.39 Å². The van der Waals surface area contributed by atoms with Crippen LogP contribution < -0.4 is 5.32 Å².